The number of ether oxygens (including phenoxy) is 1. The van der Waals surface area contributed by atoms with Crippen LogP contribution < -0.4 is 10.5 Å². The summed E-state index contributed by atoms with van der Waals surface area (Å²) in [6, 6.07) is 12.9. The molecule has 0 aliphatic heterocycles. The van der Waals surface area contributed by atoms with Crippen LogP contribution in [-0.4, -0.2) is 26.7 Å². The maximum absolute atomic E-state index is 11.3. The Balaban J connectivity index is 1.69. The number of rotatable bonds is 6. The highest BCUT2D eigenvalue weighted by Gasteiger charge is 2.16. The minimum absolute atomic E-state index is 0.0238. The molecule has 0 saturated heterocycles. The maximum Gasteiger partial charge on any atom is 0.258 e. The second kappa shape index (κ2) is 7.60. The van der Waals surface area contributed by atoms with Crippen molar-refractivity contribution in [2.75, 3.05) is 0 Å². The number of amides is 1. The van der Waals surface area contributed by atoms with Gasteiger partial charge in [0.15, 0.2) is 0 Å². The molecule has 0 spiro atoms. The molecular formula is C21H19ClN4O3. The highest BCUT2D eigenvalue weighted by molar-refractivity contribution is 6.32. The van der Waals surface area contributed by atoms with Gasteiger partial charge in [-0.25, -0.2) is 0 Å². The number of fused-ring (bicyclic) bond motifs is 1. The van der Waals surface area contributed by atoms with Gasteiger partial charge in [-0.3, -0.25) is 4.79 Å². The van der Waals surface area contributed by atoms with Gasteiger partial charge in [0.1, 0.15) is 12.3 Å². The number of hydrogen-bond acceptors (Lipinski definition) is 5. The lowest BCUT2D eigenvalue weighted by molar-refractivity contribution is -0.118. The summed E-state index contributed by atoms with van der Waals surface area (Å²) in [7, 11) is 0. The van der Waals surface area contributed by atoms with Crippen molar-refractivity contribution in [3.05, 3.63) is 53.7 Å². The van der Waals surface area contributed by atoms with E-state index in [0.717, 1.165) is 16.5 Å². The van der Waals surface area contributed by atoms with Crippen molar-refractivity contribution in [2.24, 2.45) is 5.73 Å². The molecule has 2 aromatic carbocycles. The number of hydrogen-bond donors (Lipinski definition) is 1. The monoisotopic (exact) mass is 410 g/mol. The highest BCUT2D eigenvalue weighted by Crippen LogP contribution is 2.33. The van der Waals surface area contributed by atoms with Crippen molar-refractivity contribution in [1.82, 2.24) is 14.7 Å². The lowest BCUT2D eigenvalue weighted by Crippen LogP contribution is -2.17. The number of halogens is 1. The molecule has 0 saturated carbocycles. The zero-order chi connectivity index (χ0) is 20.5. The third-order valence-corrected chi connectivity index (χ3v) is 4.64. The number of carbonyl (C=O) groups is 1. The number of nitrogens with zero attached hydrogens (tertiary/aromatic N) is 3. The molecule has 0 aliphatic carbocycles. The minimum atomic E-state index is -0.406. The van der Waals surface area contributed by atoms with Crippen LogP contribution >= 0.6 is 11.6 Å². The smallest absolute Gasteiger partial charge is 0.258 e. The van der Waals surface area contributed by atoms with Gasteiger partial charge in [-0.05, 0) is 44.2 Å². The Morgan fingerprint density at radius 2 is 2.10 bits per heavy atom. The van der Waals surface area contributed by atoms with Gasteiger partial charge in [0.2, 0.25) is 11.7 Å². The molecule has 0 unspecified atom stereocenters. The molecule has 0 aliphatic rings. The fourth-order valence-electron chi connectivity index (χ4n) is 3.16. The first-order chi connectivity index (χ1) is 13.9. The quantitative estimate of drug-likeness (QED) is 0.511. The first kappa shape index (κ1) is 19.0. The largest absolute Gasteiger partial charge is 0.489 e. The number of carbonyl (C=O) groups excluding carboxylic acids is 1. The van der Waals surface area contributed by atoms with E-state index in [2.05, 4.69) is 10.1 Å². The summed E-state index contributed by atoms with van der Waals surface area (Å²) < 4.78 is 12.9. The van der Waals surface area contributed by atoms with Crippen LogP contribution in [0, 0.1) is 0 Å². The van der Waals surface area contributed by atoms with Crippen LogP contribution in [0.2, 0.25) is 5.02 Å². The Morgan fingerprint density at radius 1 is 1.28 bits per heavy atom. The van der Waals surface area contributed by atoms with E-state index < -0.39 is 5.91 Å². The first-order valence-electron chi connectivity index (χ1n) is 9.09. The lowest BCUT2D eigenvalue weighted by atomic mass is 10.1. The minimum Gasteiger partial charge on any atom is -0.489 e. The van der Waals surface area contributed by atoms with Crippen LogP contribution in [0.1, 0.15) is 13.8 Å². The SMILES string of the molecule is CC(C)Oc1ccc(-c2nc(-c3cccc4c3ccn4CC(N)=O)no2)cc1Cl. The van der Waals surface area contributed by atoms with Gasteiger partial charge in [0, 0.05) is 28.2 Å². The third-order valence-electron chi connectivity index (χ3n) is 4.35. The Morgan fingerprint density at radius 3 is 2.83 bits per heavy atom. The molecule has 8 heteroatoms. The normalized spacial score (nSPS) is 11.3. The van der Waals surface area contributed by atoms with Crippen LogP contribution in [0.15, 0.2) is 53.2 Å². The van der Waals surface area contributed by atoms with Crippen LogP contribution in [-0.2, 0) is 11.3 Å². The third kappa shape index (κ3) is 3.82. The van der Waals surface area contributed by atoms with Gasteiger partial charge in [-0.1, -0.05) is 28.9 Å². The zero-order valence-electron chi connectivity index (χ0n) is 15.9. The number of aromatic nitrogens is 3. The van der Waals surface area contributed by atoms with Crippen LogP contribution in [0.4, 0.5) is 0 Å². The average molecular weight is 411 g/mol. The van der Waals surface area contributed by atoms with Gasteiger partial charge in [0.25, 0.3) is 5.89 Å². The molecule has 7 nitrogen and oxygen atoms in total. The predicted molar refractivity (Wildman–Crippen MR) is 111 cm³/mol. The molecule has 4 rings (SSSR count). The van der Waals surface area contributed by atoms with Crippen molar-refractivity contribution in [2.45, 2.75) is 26.5 Å². The standard InChI is InChI=1S/C21H19ClN4O3/c1-12(2)28-18-7-6-13(10-16(18)22)21-24-20(25-29-21)15-4-3-5-17-14(15)8-9-26(17)11-19(23)27/h3-10,12H,11H2,1-2H3,(H2,23,27). The molecule has 2 aromatic heterocycles. The molecular weight excluding hydrogens is 392 g/mol. The van der Waals surface area contributed by atoms with Crippen LogP contribution in [0.5, 0.6) is 5.75 Å². The van der Waals surface area contributed by atoms with Gasteiger partial charge in [0.05, 0.1) is 11.1 Å². The molecule has 0 atom stereocenters. The van der Waals surface area contributed by atoms with E-state index in [0.29, 0.717) is 28.1 Å². The summed E-state index contributed by atoms with van der Waals surface area (Å²) >= 11 is 6.31. The molecule has 0 radical (unpaired) electrons. The molecule has 1 amide bonds. The van der Waals surface area contributed by atoms with E-state index in [1.165, 1.54) is 0 Å². The molecule has 4 aromatic rings. The summed E-state index contributed by atoms with van der Waals surface area (Å²) in [6.07, 6.45) is 1.84. The fourth-order valence-corrected chi connectivity index (χ4v) is 3.38. The van der Waals surface area contributed by atoms with Gasteiger partial charge >= 0.3 is 0 Å². The fraction of sp³-hybridized carbons (Fsp3) is 0.190. The second-order valence-corrected chi connectivity index (χ2v) is 7.29. The van der Waals surface area contributed by atoms with Crippen molar-refractivity contribution < 1.29 is 14.1 Å². The second-order valence-electron chi connectivity index (χ2n) is 6.88. The molecule has 0 fully saturated rings. The first-order valence-corrected chi connectivity index (χ1v) is 9.47. The Hall–Kier alpha value is -3.32. The van der Waals surface area contributed by atoms with Crippen molar-refractivity contribution in [3.8, 4) is 28.6 Å². The average Bonchev–Trinajstić information content (AvgIpc) is 3.30. The van der Waals surface area contributed by atoms with Crippen LogP contribution in [0.25, 0.3) is 33.7 Å². The maximum atomic E-state index is 11.3. The zero-order valence-corrected chi connectivity index (χ0v) is 16.7. The molecule has 29 heavy (non-hydrogen) atoms. The Bertz CT molecular complexity index is 1200. The van der Waals surface area contributed by atoms with Crippen molar-refractivity contribution in [3.63, 3.8) is 0 Å². The van der Waals surface area contributed by atoms with E-state index in [1.807, 2.05) is 50.4 Å². The summed E-state index contributed by atoms with van der Waals surface area (Å²) in [5.74, 6) is 0.995. The lowest BCUT2D eigenvalue weighted by Gasteiger charge is -2.11. The van der Waals surface area contributed by atoms with E-state index in [1.54, 1.807) is 16.7 Å². The van der Waals surface area contributed by atoms with E-state index >= 15 is 0 Å². The van der Waals surface area contributed by atoms with E-state index in [4.69, 9.17) is 26.6 Å². The van der Waals surface area contributed by atoms with Crippen molar-refractivity contribution >= 4 is 28.4 Å². The van der Waals surface area contributed by atoms with Crippen molar-refractivity contribution in [1.29, 1.82) is 0 Å². The number of primary amides is 1. The highest BCUT2D eigenvalue weighted by atomic mass is 35.5. The summed E-state index contributed by atoms with van der Waals surface area (Å²) in [5.41, 5.74) is 7.68. The Kier molecular flexibility index (Phi) is 4.98. The van der Waals surface area contributed by atoms with E-state index in [9.17, 15) is 4.79 Å². The van der Waals surface area contributed by atoms with Gasteiger partial charge < -0.3 is 19.6 Å². The topological polar surface area (TPSA) is 96.2 Å². The summed E-state index contributed by atoms with van der Waals surface area (Å²) in [4.78, 5) is 15.8. The predicted octanol–water partition coefficient (Wildman–Crippen LogP) is 4.28. The summed E-state index contributed by atoms with van der Waals surface area (Å²) in [6.45, 7) is 3.98. The number of benzene rings is 2. The molecule has 2 heterocycles. The summed E-state index contributed by atoms with van der Waals surface area (Å²) in [5, 5.41) is 5.50. The molecule has 2 N–H and O–H groups in total. The number of nitrogens with two attached hydrogens (primary N) is 1. The van der Waals surface area contributed by atoms with E-state index in [-0.39, 0.29) is 12.6 Å². The van der Waals surface area contributed by atoms with Crippen LogP contribution in [0.3, 0.4) is 0 Å². The molecule has 0 bridgehead atoms. The molecule has 148 valence electrons. The van der Waals surface area contributed by atoms with Gasteiger partial charge in [-0.2, -0.15) is 4.98 Å². The Labute approximate surface area is 172 Å². The van der Waals surface area contributed by atoms with Gasteiger partial charge in [-0.15, -0.1) is 0 Å².